The van der Waals surface area contributed by atoms with Gasteiger partial charge in [-0.05, 0) is 18.1 Å². The lowest BCUT2D eigenvalue weighted by Gasteiger charge is -2.41. The Morgan fingerprint density at radius 2 is 1.86 bits per heavy atom. The highest BCUT2D eigenvalue weighted by molar-refractivity contribution is 5.69. The zero-order valence-electron chi connectivity index (χ0n) is 18.5. The summed E-state index contributed by atoms with van der Waals surface area (Å²) in [5, 5.41) is 9.72. The van der Waals surface area contributed by atoms with E-state index in [1.165, 1.54) is 0 Å². The lowest BCUT2D eigenvalue weighted by Crippen LogP contribution is -2.46. The number of hydrogen-bond donors (Lipinski definition) is 1. The summed E-state index contributed by atoms with van der Waals surface area (Å²) in [6.45, 7) is 10.5. The van der Waals surface area contributed by atoms with E-state index in [0.29, 0.717) is 13.0 Å². The first-order valence-electron chi connectivity index (χ1n) is 10.5. The third-order valence-corrected chi connectivity index (χ3v) is 5.47. The number of carbonyl (C=O) groups is 1. The number of aliphatic hydroxyl groups excluding tert-OH is 1. The molecule has 6 heteroatoms. The van der Waals surface area contributed by atoms with Crippen LogP contribution in [0.4, 0.5) is 0 Å². The van der Waals surface area contributed by atoms with Crippen molar-refractivity contribution in [1.29, 1.82) is 0 Å². The molecular weight excluding hydrogens is 372 g/mol. The Balaban J connectivity index is 2.14. The topological polar surface area (TPSA) is 74.2 Å². The molecule has 0 unspecified atom stereocenters. The van der Waals surface area contributed by atoms with Crippen LogP contribution in [-0.4, -0.2) is 43.6 Å². The lowest BCUT2D eigenvalue weighted by molar-refractivity contribution is -0.258. The van der Waals surface area contributed by atoms with Crippen molar-refractivity contribution in [1.82, 2.24) is 0 Å². The van der Waals surface area contributed by atoms with Crippen LogP contribution in [0, 0.1) is 23.7 Å². The molecule has 29 heavy (non-hydrogen) atoms. The molecule has 1 aliphatic rings. The third-order valence-electron chi connectivity index (χ3n) is 5.47. The molecule has 1 fully saturated rings. The summed E-state index contributed by atoms with van der Waals surface area (Å²) in [4.78, 5) is 12.3. The Morgan fingerprint density at radius 1 is 1.21 bits per heavy atom. The van der Waals surface area contributed by atoms with E-state index >= 15 is 0 Å². The molecule has 1 saturated heterocycles. The van der Waals surface area contributed by atoms with Crippen molar-refractivity contribution in [2.75, 3.05) is 20.3 Å². The van der Waals surface area contributed by atoms with Crippen molar-refractivity contribution in [3.8, 4) is 5.75 Å². The molecule has 0 spiro atoms. The molecule has 0 saturated carbocycles. The minimum absolute atomic E-state index is 0.0521. The summed E-state index contributed by atoms with van der Waals surface area (Å²) in [5.74, 6) is 0.629. The second-order valence-corrected chi connectivity index (χ2v) is 8.59. The largest absolute Gasteiger partial charge is 0.497 e. The third kappa shape index (κ3) is 6.43. The van der Waals surface area contributed by atoms with E-state index in [-0.39, 0.29) is 42.4 Å². The Labute approximate surface area is 174 Å². The molecule has 6 atom stereocenters. The summed E-state index contributed by atoms with van der Waals surface area (Å²) in [5.41, 5.74) is 0.915. The maximum Gasteiger partial charge on any atom is 0.306 e. The highest BCUT2D eigenvalue weighted by Crippen LogP contribution is 2.36. The first kappa shape index (κ1) is 23.6. The first-order valence-corrected chi connectivity index (χ1v) is 10.5. The van der Waals surface area contributed by atoms with E-state index in [4.69, 9.17) is 18.9 Å². The smallest absolute Gasteiger partial charge is 0.306 e. The number of aliphatic hydroxyl groups is 1. The quantitative estimate of drug-likeness (QED) is 0.623. The fraction of sp³-hybridized carbons (Fsp3) is 0.696. The van der Waals surface area contributed by atoms with Crippen LogP contribution in [0.15, 0.2) is 24.3 Å². The molecule has 0 aliphatic carbocycles. The molecule has 164 valence electrons. The van der Waals surface area contributed by atoms with Crippen molar-refractivity contribution in [2.45, 2.75) is 59.5 Å². The van der Waals surface area contributed by atoms with Crippen LogP contribution in [0.1, 0.15) is 52.9 Å². The number of esters is 1. The second-order valence-electron chi connectivity index (χ2n) is 8.59. The van der Waals surface area contributed by atoms with Crippen LogP contribution < -0.4 is 4.74 Å². The maximum atomic E-state index is 12.3. The van der Waals surface area contributed by atoms with Crippen LogP contribution in [-0.2, 0) is 19.0 Å². The fourth-order valence-electron chi connectivity index (χ4n) is 3.79. The number of methoxy groups -OCH3 is 1. The van der Waals surface area contributed by atoms with Gasteiger partial charge in [0.25, 0.3) is 0 Å². The summed E-state index contributed by atoms with van der Waals surface area (Å²) in [6.07, 6.45) is -0.712. The van der Waals surface area contributed by atoms with Gasteiger partial charge in [-0.25, -0.2) is 0 Å². The minimum Gasteiger partial charge on any atom is -0.497 e. The summed E-state index contributed by atoms with van der Waals surface area (Å²) >= 11 is 0. The van der Waals surface area contributed by atoms with Gasteiger partial charge >= 0.3 is 5.97 Å². The van der Waals surface area contributed by atoms with Crippen molar-refractivity contribution in [2.24, 2.45) is 23.7 Å². The van der Waals surface area contributed by atoms with Gasteiger partial charge in [0.2, 0.25) is 0 Å². The zero-order valence-corrected chi connectivity index (χ0v) is 18.5. The van der Waals surface area contributed by atoms with Crippen molar-refractivity contribution in [3.05, 3.63) is 29.8 Å². The van der Waals surface area contributed by atoms with Crippen molar-refractivity contribution < 1.29 is 28.8 Å². The number of hydrogen-bond acceptors (Lipinski definition) is 6. The van der Waals surface area contributed by atoms with Crippen molar-refractivity contribution in [3.63, 3.8) is 0 Å². The fourth-order valence-corrected chi connectivity index (χ4v) is 3.79. The minimum atomic E-state index is -0.485. The molecule has 1 N–H and O–H groups in total. The van der Waals surface area contributed by atoms with Gasteiger partial charge in [-0.3, -0.25) is 4.79 Å². The predicted molar refractivity (Wildman–Crippen MR) is 110 cm³/mol. The molecule has 1 heterocycles. The molecule has 2 rings (SSSR count). The van der Waals surface area contributed by atoms with Crippen LogP contribution in [0.5, 0.6) is 5.75 Å². The second kappa shape index (κ2) is 11.0. The standard InChI is InChI=1S/C23H36O6/c1-14(2)11-20(25)28-21(15(3)12-24)17(5)22-16(4)13-27-23(29-22)18-7-9-19(26-6)10-8-18/h7-10,14-17,21-24H,11-13H2,1-6H3/t15-,16+,17+,21-,22+,23+/m0/s1. The van der Waals surface area contributed by atoms with E-state index in [1.54, 1.807) is 7.11 Å². The number of carbonyl (C=O) groups excluding carboxylic acids is 1. The highest BCUT2D eigenvalue weighted by Gasteiger charge is 2.40. The van der Waals surface area contributed by atoms with Crippen LogP contribution in [0.25, 0.3) is 0 Å². The SMILES string of the molecule is COc1ccc([C@@H]2OC[C@@H](C)[C@H]([C@H](C)[C@@H](OC(=O)CC(C)C)[C@@H](C)CO)O2)cc1. The van der Waals surface area contributed by atoms with Gasteiger partial charge in [0.15, 0.2) is 6.29 Å². The Kier molecular flexibility index (Phi) is 8.93. The lowest BCUT2D eigenvalue weighted by atomic mass is 9.83. The molecule has 1 aromatic rings. The van der Waals surface area contributed by atoms with E-state index in [9.17, 15) is 9.90 Å². The van der Waals surface area contributed by atoms with Gasteiger partial charge in [-0.2, -0.15) is 0 Å². The summed E-state index contributed by atoms with van der Waals surface area (Å²) in [7, 11) is 1.63. The first-order chi connectivity index (χ1) is 13.8. The normalized spacial score (nSPS) is 25.3. The van der Waals surface area contributed by atoms with Crippen LogP contribution >= 0.6 is 0 Å². The molecule has 1 aromatic carbocycles. The molecule has 1 aliphatic heterocycles. The van der Waals surface area contributed by atoms with Crippen LogP contribution in [0.3, 0.4) is 0 Å². The average molecular weight is 409 g/mol. The monoisotopic (exact) mass is 408 g/mol. The van der Waals surface area contributed by atoms with Gasteiger partial charge in [0.05, 0.1) is 19.8 Å². The number of benzene rings is 1. The van der Waals surface area contributed by atoms with Gasteiger partial charge in [-0.15, -0.1) is 0 Å². The van der Waals surface area contributed by atoms with E-state index < -0.39 is 12.4 Å². The van der Waals surface area contributed by atoms with Crippen LogP contribution in [0.2, 0.25) is 0 Å². The molecule has 0 radical (unpaired) electrons. The summed E-state index contributed by atoms with van der Waals surface area (Å²) in [6, 6.07) is 7.61. The highest BCUT2D eigenvalue weighted by atomic mass is 16.7. The predicted octanol–water partition coefficient (Wildman–Crippen LogP) is 3.97. The molecule has 6 nitrogen and oxygen atoms in total. The Bertz CT molecular complexity index is 629. The molecule has 0 amide bonds. The zero-order chi connectivity index (χ0) is 21.6. The average Bonchev–Trinajstić information content (AvgIpc) is 2.71. The van der Waals surface area contributed by atoms with Gasteiger partial charge in [-0.1, -0.05) is 46.8 Å². The molecular formula is C23H36O6. The number of ether oxygens (including phenoxy) is 4. The van der Waals surface area contributed by atoms with E-state index in [0.717, 1.165) is 11.3 Å². The summed E-state index contributed by atoms with van der Waals surface area (Å²) < 4.78 is 23.3. The number of rotatable bonds is 9. The molecule has 0 bridgehead atoms. The van der Waals surface area contributed by atoms with Gasteiger partial charge < -0.3 is 24.1 Å². The maximum absolute atomic E-state index is 12.3. The van der Waals surface area contributed by atoms with E-state index in [1.807, 2.05) is 52.0 Å². The van der Waals surface area contributed by atoms with E-state index in [2.05, 4.69) is 6.92 Å². The Morgan fingerprint density at radius 3 is 2.41 bits per heavy atom. The Hall–Kier alpha value is -1.63. The van der Waals surface area contributed by atoms with Gasteiger partial charge in [0.1, 0.15) is 11.9 Å². The van der Waals surface area contributed by atoms with Crippen molar-refractivity contribution >= 4 is 5.97 Å². The molecule has 0 aromatic heterocycles. The van der Waals surface area contributed by atoms with Gasteiger partial charge in [0, 0.05) is 36.3 Å².